The van der Waals surface area contributed by atoms with Crippen LogP contribution in [0.5, 0.6) is 23.0 Å². The predicted octanol–water partition coefficient (Wildman–Crippen LogP) is 7.77. The van der Waals surface area contributed by atoms with Crippen LogP contribution in [0.3, 0.4) is 0 Å². The van der Waals surface area contributed by atoms with Gasteiger partial charge in [0.2, 0.25) is 0 Å². The fourth-order valence-electron chi connectivity index (χ4n) is 3.83. The molecule has 0 bridgehead atoms. The minimum atomic E-state index is 0.583. The molecule has 34 heavy (non-hydrogen) atoms. The first kappa shape index (κ1) is 21.2. The summed E-state index contributed by atoms with van der Waals surface area (Å²) >= 11 is 0. The van der Waals surface area contributed by atoms with Crippen LogP contribution in [-0.2, 0) is 0 Å². The molecule has 0 aliphatic rings. The van der Waals surface area contributed by atoms with Gasteiger partial charge in [-0.3, -0.25) is 0 Å². The monoisotopic (exact) mass is 444 g/mol. The van der Waals surface area contributed by atoms with Gasteiger partial charge in [-0.2, -0.15) is 0 Å². The van der Waals surface area contributed by atoms with Gasteiger partial charge in [0.1, 0.15) is 11.5 Å². The zero-order valence-corrected chi connectivity index (χ0v) is 18.5. The second-order valence-electron chi connectivity index (χ2n) is 7.86. The van der Waals surface area contributed by atoms with Gasteiger partial charge < -0.3 is 20.9 Å². The summed E-state index contributed by atoms with van der Waals surface area (Å²) in [7, 11) is 0. The molecule has 5 rings (SSSR count). The first-order valence-electron chi connectivity index (χ1n) is 11.0. The number of hydrogen-bond acceptors (Lipinski definition) is 4. The number of rotatable bonds is 6. The zero-order valence-electron chi connectivity index (χ0n) is 18.5. The maximum Gasteiger partial charge on any atom is 0.158 e. The Morgan fingerprint density at radius 2 is 0.765 bits per heavy atom. The van der Waals surface area contributed by atoms with Crippen molar-refractivity contribution < 1.29 is 9.47 Å². The molecule has 4 heteroatoms. The van der Waals surface area contributed by atoms with Crippen LogP contribution < -0.4 is 20.9 Å². The largest absolute Gasteiger partial charge is 0.455 e. The van der Waals surface area contributed by atoms with Gasteiger partial charge in [-0.15, -0.1) is 0 Å². The molecule has 4 N–H and O–H groups in total. The number of benzene rings is 5. The molecule has 0 saturated heterocycles. The number of nitrogen functional groups attached to an aromatic ring is 2. The van der Waals surface area contributed by atoms with Crippen LogP contribution in [0.25, 0.3) is 22.3 Å². The van der Waals surface area contributed by atoms with E-state index in [4.69, 9.17) is 20.9 Å². The van der Waals surface area contributed by atoms with E-state index in [0.717, 1.165) is 33.8 Å². The van der Waals surface area contributed by atoms with Gasteiger partial charge in [0.15, 0.2) is 11.5 Å². The molecule has 4 nitrogen and oxygen atoms in total. The average molecular weight is 445 g/mol. The van der Waals surface area contributed by atoms with Crippen molar-refractivity contribution in [3.63, 3.8) is 0 Å². The van der Waals surface area contributed by atoms with E-state index in [1.165, 1.54) is 0 Å². The molecule has 0 aliphatic heterocycles. The maximum atomic E-state index is 6.28. The van der Waals surface area contributed by atoms with E-state index in [-0.39, 0.29) is 0 Å². The van der Waals surface area contributed by atoms with Gasteiger partial charge in [0.05, 0.1) is 11.4 Å². The van der Waals surface area contributed by atoms with Crippen molar-refractivity contribution in [2.45, 2.75) is 0 Å². The van der Waals surface area contributed by atoms with Crippen molar-refractivity contribution in [1.82, 2.24) is 0 Å². The first-order chi connectivity index (χ1) is 16.7. The topological polar surface area (TPSA) is 70.5 Å². The molecule has 0 fully saturated rings. The highest BCUT2D eigenvalue weighted by Gasteiger charge is 2.14. The summed E-state index contributed by atoms with van der Waals surface area (Å²) < 4.78 is 12.3. The molecule has 0 saturated carbocycles. The van der Waals surface area contributed by atoms with Crippen molar-refractivity contribution in [2.24, 2.45) is 0 Å². The highest BCUT2D eigenvalue weighted by molar-refractivity contribution is 5.82. The van der Waals surface area contributed by atoms with Gasteiger partial charge in [-0.05, 0) is 47.5 Å². The average Bonchev–Trinajstić information content (AvgIpc) is 2.88. The third-order valence-corrected chi connectivity index (χ3v) is 5.52. The van der Waals surface area contributed by atoms with Gasteiger partial charge in [-0.1, -0.05) is 84.9 Å². The molecule has 0 aromatic heterocycles. The molecular weight excluding hydrogens is 420 g/mol. The van der Waals surface area contributed by atoms with Crippen molar-refractivity contribution in [1.29, 1.82) is 0 Å². The number of ether oxygens (including phenoxy) is 2. The molecule has 0 aliphatic carbocycles. The molecule has 0 radical (unpaired) electrons. The summed E-state index contributed by atoms with van der Waals surface area (Å²) in [5.41, 5.74) is 17.6. The third kappa shape index (κ3) is 4.43. The Kier molecular flexibility index (Phi) is 5.87. The van der Waals surface area contributed by atoms with Crippen LogP contribution in [0.4, 0.5) is 11.4 Å². The normalized spacial score (nSPS) is 10.6. The lowest BCUT2D eigenvalue weighted by molar-refractivity contribution is 0.486. The highest BCUT2D eigenvalue weighted by Crippen LogP contribution is 2.41. The predicted molar refractivity (Wildman–Crippen MR) is 139 cm³/mol. The fourth-order valence-corrected chi connectivity index (χ4v) is 3.83. The van der Waals surface area contributed by atoms with Crippen LogP contribution in [-0.4, -0.2) is 0 Å². The molecule has 0 heterocycles. The molecule has 5 aromatic rings. The summed E-state index contributed by atoms with van der Waals surface area (Å²) in [6, 6.07) is 39.1. The van der Waals surface area contributed by atoms with Crippen molar-refractivity contribution in [3.8, 4) is 45.3 Å². The fraction of sp³-hybridized carbons (Fsp3) is 0. The maximum absolute atomic E-state index is 6.28. The Balaban J connectivity index is 1.49. The first-order valence-corrected chi connectivity index (χ1v) is 11.0. The van der Waals surface area contributed by atoms with Gasteiger partial charge in [0.25, 0.3) is 0 Å². The van der Waals surface area contributed by atoms with Crippen LogP contribution in [0.2, 0.25) is 0 Å². The quantitative estimate of drug-likeness (QED) is 0.262. The number of hydrogen-bond donors (Lipinski definition) is 2. The lowest BCUT2D eigenvalue weighted by Crippen LogP contribution is -1.96. The Bertz CT molecular complexity index is 1290. The van der Waals surface area contributed by atoms with Gasteiger partial charge in [0, 0.05) is 11.1 Å². The van der Waals surface area contributed by atoms with Crippen LogP contribution in [0.15, 0.2) is 121 Å². The molecule has 166 valence electrons. The Morgan fingerprint density at radius 1 is 0.382 bits per heavy atom. The van der Waals surface area contributed by atoms with E-state index in [2.05, 4.69) is 24.3 Å². The van der Waals surface area contributed by atoms with E-state index < -0.39 is 0 Å². The van der Waals surface area contributed by atoms with Crippen LogP contribution in [0.1, 0.15) is 0 Å². The Labute approximate surface area is 199 Å². The second-order valence-corrected chi connectivity index (χ2v) is 7.86. The number of para-hydroxylation sites is 4. The van der Waals surface area contributed by atoms with E-state index in [1.807, 2.05) is 97.1 Å². The van der Waals surface area contributed by atoms with Crippen molar-refractivity contribution >= 4 is 11.4 Å². The van der Waals surface area contributed by atoms with Gasteiger partial charge in [-0.25, -0.2) is 0 Å². The SMILES string of the molecule is Nc1cccc(-c2ccc(-c3cccc(N)c3Oc3ccccc3)cc2)c1Oc1ccccc1. The summed E-state index contributed by atoms with van der Waals surface area (Å²) in [6.07, 6.45) is 0. The van der Waals surface area contributed by atoms with E-state index in [0.29, 0.717) is 22.9 Å². The molecule has 0 spiro atoms. The van der Waals surface area contributed by atoms with E-state index >= 15 is 0 Å². The highest BCUT2D eigenvalue weighted by atomic mass is 16.5. The number of nitrogens with two attached hydrogens (primary N) is 2. The third-order valence-electron chi connectivity index (χ3n) is 5.52. The standard InChI is InChI=1S/C30H24N2O2/c31-27-15-7-13-25(29(27)33-23-9-3-1-4-10-23)21-17-19-22(20-18-21)26-14-8-16-28(32)30(26)34-24-11-5-2-6-12-24/h1-20H,31-32H2. The van der Waals surface area contributed by atoms with Gasteiger partial charge >= 0.3 is 0 Å². The van der Waals surface area contributed by atoms with E-state index in [9.17, 15) is 0 Å². The summed E-state index contributed by atoms with van der Waals surface area (Å²) in [4.78, 5) is 0. The molecule has 5 aromatic carbocycles. The second kappa shape index (κ2) is 9.43. The zero-order chi connectivity index (χ0) is 23.3. The Hall–Kier alpha value is -4.70. The van der Waals surface area contributed by atoms with Crippen molar-refractivity contribution in [3.05, 3.63) is 121 Å². The summed E-state index contributed by atoms with van der Waals surface area (Å²) in [6.45, 7) is 0. The minimum Gasteiger partial charge on any atom is -0.455 e. The minimum absolute atomic E-state index is 0.583. The lowest BCUT2D eigenvalue weighted by Gasteiger charge is -2.16. The summed E-state index contributed by atoms with van der Waals surface area (Å²) in [5.74, 6) is 2.75. The van der Waals surface area contributed by atoms with Crippen LogP contribution >= 0.6 is 0 Å². The Morgan fingerprint density at radius 3 is 1.15 bits per heavy atom. The number of anilines is 2. The van der Waals surface area contributed by atoms with Crippen molar-refractivity contribution in [2.75, 3.05) is 11.5 Å². The molecule has 0 atom stereocenters. The van der Waals surface area contributed by atoms with Crippen LogP contribution in [0, 0.1) is 0 Å². The molecule has 0 unspecified atom stereocenters. The van der Waals surface area contributed by atoms with E-state index in [1.54, 1.807) is 0 Å². The molecule has 0 amide bonds. The smallest absolute Gasteiger partial charge is 0.158 e. The molecular formula is C30H24N2O2. The lowest BCUT2D eigenvalue weighted by atomic mass is 9.98. The summed E-state index contributed by atoms with van der Waals surface area (Å²) in [5, 5.41) is 0.